The van der Waals surface area contributed by atoms with Gasteiger partial charge in [-0.3, -0.25) is 14.5 Å². The number of rotatable bonds is 5. The van der Waals surface area contributed by atoms with Gasteiger partial charge in [-0.1, -0.05) is 20.8 Å². The molecule has 0 aliphatic carbocycles. The minimum atomic E-state index is -0.333. The van der Waals surface area contributed by atoms with Crippen molar-refractivity contribution in [2.45, 2.75) is 58.2 Å². The number of epoxide rings is 1. The largest absolute Gasteiger partial charge is 0.361 e. The molecule has 1 fully saturated rings. The standard InChI is InChI=1S/C14H21NO3/c1-5-13(6-2)14(7-3,18-13)9-15-11(16)8-10(4)12(15)17/h8H,5-7,9H2,1-4H3. The predicted molar refractivity (Wildman–Crippen MR) is 67.9 cm³/mol. The van der Waals surface area contributed by atoms with Crippen molar-refractivity contribution < 1.29 is 14.3 Å². The Morgan fingerprint density at radius 2 is 1.67 bits per heavy atom. The van der Waals surface area contributed by atoms with Crippen molar-refractivity contribution >= 4 is 11.8 Å². The fourth-order valence-electron chi connectivity index (χ4n) is 3.11. The minimum Gasteiger partial charge on any atom is -0.361 e. The average Bonchev–Trinajstić information content (AvgIpc) is 2.96. The molecule has 100 valence electrons. The lowest BCUT2D eigenvalue weighted by Gasteiger charge is -2.22. The number of hydrogen-bond donors (Lipinski definition) is 0. The second kappa shape index (κ2) is 4.19. The van der Waals surface area contributed by atoms with Crippen LogP contribution in [-0.4, -0.2) is 34.5 Å². The summed E-state index contributed by atoms with van der Waals surface area (Å²) < 4.78 is 5.96. The van der Waals surface area contributed by atoms with Gasteiger partial charge in [-0.05, 0) is 26.2 Å². The molecule has 0 aromatic rings. The Morgan fingerprint density at radius 1 is 1.11 bits per heavy atom. The van der Waals surface area contributed by atoms with Crippen LogP contribution in [0.25, 0.3) is 0 Å². The molecule has 0 bridgehead atoms. The summed E-state index contributed by atoms with van der Waals surface area (Å²) >= 11 is 0. The fourth-order valence-corrected chi connectivity index (χ4v) is 3.11. The Morgan fingerprint density at radius 3 is 2.00 bits per heavy atom. The van der Waals surface area contributed by atoms with Crippen LogP contribution in [0.15, 0.2) is 11.6 Å². The van der Waals surface area contributed by atoms with Crippen LogP contribution in [0.1, 0.15) is 47.0 Å². The molecule has 0 spiro atoms. The zero-order valence-electron chi connectivity index (χ0n) is 11.6. The normalized spacial score (nSPS) is 29.8. The first-order valence-corrected chi connectivity index (χ1v) is 6.69. The summed E-state index contributed by atoms with van der Waals surface area (Å²) in [6.07, 6.45) is 4.07. The number of carbonyl (C=O) groups excluding carboxylic acids is 2. The van der Waals surface area contributed by atoms with Crippen molar-refractivity contribution in [2.75, 3.05) is 6.54 Å². The quantitative estimate of drug-likeness (QED) is 0.555. The Labute approximate surface area is 108 Å². The van der Waals surface area contributed by atoms with Crippen molar-refractivity contribution in [3.63, 3.8) is 0 Å². The maximum absolute atomic E-state index is 11.9. The lowest BCUT2D eigenvalue weighted by molar-refractivity contribution is -0.138. The van der Waals surface area contributed by atoms with Crippen LogP contribution in [-0.2, 0) is 14.3 Å². The molecule has 4 nitrogen and oxygen atoms in total. The van der Waals surface area contributed by atoms with Gasteiger partial charge in [0.05, 0.1) is 12.1 Å². The zero-order valence-corrected chi connectivity index (χ0v) is 11.6. The van der Waals surface area contributed by atoms with E-state index < -0.39 is 0 Å². The van der Waals surface area contributed by atoms with Gasteiger partial charge in [0, 0.05) is 11.6 Å². The number of carbonyl (C=O) groups is 2. The van der Waals surface area contributed by atoms with Crippen molar-refractivity contribution in [2.24, 2.45) is 0 Å². The van der Waals surface area contributed by atoms with Gasteiger partial charge in [0.25, 0.3) is 11.8 Å². The molecule has 0 aromatic heterocycles. The molecule has 2 aliphatic heterocycles. The van der Waals surface area contributed by atoms with E-state index in [2.05, 4.69) is 20.8 Å². The van der Waals surface area contributed by atoms with Crippen LogP contribution in [0.4, 0.5) is 0 Å². The third kappa shape index (κ3) is 1.62. The van der Waals surface area contributed by atoms with Gasteiger partial charge in [-0.15, -0.1) is 0 Å². The zero-order chi connectivity index (χ0) is 13.6. The second-order valence-electron chi connectivity index (χ2n) is 5.21. The topological polar surface area (TPSA) is 49.9 Å². The molecule has 2 amide bonds. The highest BCUT2D eigenvalue weighted by molar-refractivity contribution is 6.15. The van der Waals surface area contributed by atoms with Crippen molar-refractivity contribution in [3.05, 3.63) is 11.6 Å². The summed E-state index contributed by atoms with van der Waals surface area (Å²) in [7, 11) is 0. The van der Waals surface area contributed by atoms with Crippen LogP contribution in [0.2, 0.25) is 0 Å². The highest BCUT2D eigenvalue weighted by Gasteiger charge is 2.67. The molecular weight excluding hydrogens is 230 g/mol. The van der Waals surface area contributed by atoms with E-state index in [4.69, 9.17) is 4.74 Å². The van der Waals surface area contributed by atoms with Crippen LogP contribution in [0.3, 0.4) is 0 Å². The van der Waals surface area contributed by atoms with E-state index in [-0.39, 0.29) is 23.0 Å². The molecule has 0 N–H and O–H groups in total. The molecule has 2 aliphatic rings. The monoisotopic (exact) mass is 251 g/mol. The molecular formula is C14H21NO3. The molecule has 1 atom stereocenters. The van der Waals surface area contributed by atoms with Gasteiger partial charge in [-0.2, -0.15) is 0 Å². The molecule has 4 heteroatoms. The Bertz CT molecular complexity index is 423. The number of imide groups is 1. The minimum absolute atomic E-state index is 0.154. The van der Waals surface area contributed by atoms with Gasteiger partial charge >= 0.3 is 0 Å². The van der Waals surface area contributed by atoms with E-state index in [0.717, 1.165) is 19.3 Å². The van der Waals surface area contributed by atoms with E-state index in [1.807, 2.05) is 0 Å². The predicted octanol–water partition coefficient (Wildman–Crippen LogP) is 2.04. The first-order valence-electron chi connectivity index (χ1n) is 6.69. The van der Waals surface area contributed by atoms with E-state index in [9.17, 15) is 9.59 Å². The van der Waals surface area contributed by atoms with Gasteiger partial charge in [0.2, 0.25) is 0 Å². The highest BCUT2D eigenvalue weighted by Crippen LogP contribution is 2.55. The van der Waals surface area contributed by atoms with Gasteiger partial charge in [0.1, 0.15) is 5.60 Å². The van der Waals surface area contributed by atoms with Crippen molar-refractivity contribution in [3.8, 4) is 0 Å². The Balaban J connectivity index is 2.15. The summed E-state index contributed by atoms with van der Waals surface area (Å²) in [6, 6.07) is 0. The summed E-state index contributed by atoms with van der Waals surface area (Å²) in [6.45, 7) is 8.31. The van der Waals surface area contributed by atoms with E-state index in [0.29, 0.717) is 12.1 Å². The lowest BCUT2D eigenvalue weighted by Crippen LogP contribution is -2.42. The number of nitrogens with zero attached hydrogens (tertiary/aromatic N) is 1. The maximum atomic E-state index is 11.9. The van der Waals surface area contributed by atoms with E-state index in [1.54, 1.807) is 6.92 Å². The Kier molecular flexibility index (Phi) is 3.09. The lowest BCUT2D eigenvalue weighted by atomic mass is 9.85. The van der Waals surface area contributed by atoms with Crippen molar-refractivity contribution in [1.29, 1.82) is 0 Å². The first kappa shape index (κ1) is 13.3. The third-order valence-electron chi connectivity index (χ3n) is 4.49. The summed E-state index contributed by atoms with van der Waals surface area (Å²) in [5.74, 6) is -0.383. The van der Waals surface area contributed by atoms with Crippen LogP contribution in [0.5, 0.6) is 0 Å². The molecule has 18 heavy (non-hydrogen) atoms. The van der Waals surface area contributed by atoms with Gasteiger partial charge in [-0.25, -0.2) is 0 Å². The summed E-state index contributed by atoms with van der Waals surface area (Å²) in [5.41, 5.74) is 0.0320. The molecule has 2 heterocycles. The Hall–Kier alpha value is -1.16. The molecule has 1 unspecified atom stereocenters. The number of amides is 2. The second-order valence-corrected chi connectivity index (χ2v) is 5.21. The van der Waals surface area contributed by atoms with E-state index >= 15 is 0 Å². The van der Waals surface area contributed by atoms with Gasteiger partial charge in [0.15, 0.2) is 0 Å². The average molecular weight is 251 g/mol. The molecule has 0 radical (unpaired) electrons. The maximum Gasteiger partial charge on any atom is 0.256 e. The van der Waals surface area contributed by atoms with Gasteiger partial charge < -0.3 is 4.74 Å². The smallest absolute Gasteiger partial charge is 0.256 e. The number of hydrogen-bond acceptors (Lipinski definition) is 3. The summed E-state index contributed by atoms with van der Waals surface area (Å²) in [4.78, 5) is 25.0. The summed E-state index contributed by atoms with van der Waals surface area (Å²) in [5, 5.41) is 0. The molecule has 2 rings (SSSR count). The van der Waals surface area contributed by atoms with E-state index in [1.165, 1.54) is 11.0 Å². The SMILES string of the molecule is CCC1(CC)OC1(CC)CN1C(=O)C=C(C)C1=O. The molecule has 0 aromatic carbocycles. The van der Waals surface area contributed by atoms with Crippen molar-refractivity contribution in [1.82, 2.24) is 4.90 Å². The first-order chi connectivity index (χ1) is 8.45. The third-order valence-corrected chi connectivity index (χ3v) is 4.49. The fraction of sp³-hybridized carbons (Fsp3) is 0.714. The van der Waals surface area contributed by atoms with Crippen LogP contribution in [0, 0.1) is 0 Å². The number of ether oxygens (including phenoxy) is 1. The molecule has 0 saturated carbocycles. The molecule has 1 saturated heterocycles. The highest BCUT2D eigenvalue weighted by atomic mass is 16.6. The van der Waals surface area contributed by atoms with Crippen LogP contribution < -0.4 is 0 Å². The van der Waals surface area contributed by atoms with Crippen LogP contribution >= 0.6 is 0 Å².